The van der Waals surface area contributed by atoms with E-state index in [2.05, 4.69) is 6.92 Å². The Morgan fingerprint density at radius 2 is 1.31 bits per heavy atom. The Hall–Kier alpha value is -2.42. The average Bonchev–Trinajstić information content (AvgIpc) is 2.70. The van der Waals surface area contributed by atoms with Gasteiger partial charge in [-0.15, -0.1) is 0 Å². The van der Waals surface area contributed by atoms with Crippen molar-refractivity contribution < 1.29 is 14.3 Å². The summed E-state index contributed by atoms with van der Waals surface area (Å²) < 4.78 is 5.59. The number of carbonyl (C=O) groups excluding carboxylic acids is 2. The van der Waals surface area contributed by atoms with Gasteiger partial charge in [-0.25, -0.2) is 4.79 Å². The van der Waals surface area contributed by atoms with Crippen molar-refractivity contribution in [2.45, 2.75) is 58.0 Å². The third-order valence-corrected chi connectivity index (χ3v) is 4.43. The zero-order chi connectivity index (χ0) is 18.6. The fourth-order valence-electron chi connectivity index (χ4n) is 2.91. The summed E-state index contributed by atoms with van der Waals surface area (Å²) in [6.45, 7) is 2.19. The van der Waals surface area contributed by atoms with Gasteiger partial charge >= 0.3 is 5.97 Å². The van der Waals surface area contributed by atoms with Crippen molar-refractivity contribution in [1.29, 1.82) is 0 Å². The van der Waals surface area contributed by atoms with Crippen LogP contribution in [0.1, 0.15) is 72.6 Å². The van der Waals surface area contributed by atoms with Crippen LogP contribution < -0.4 is 0 Å². The molecule has 2 aromatic rings. The molecule has 0 N–H and O–H groups in total. The fraction of sp³-hybridized carbons (Fsp3) is 0.391. The van der Waals surface area contributed by atoms with Crippen molar-refractivity contribution in [3.05, 3.63) is 71.8 Å². The number of rotatable bonds is 11. The number of Topliss-reactive ketones (excluding diaryl/α,β-unsaturated/α-hetero) is 1. The number of hydrogen-bond donors (Lipinski definition) is 0. The summed E-state index contributed by atoms with van der Waals surface area (Å²) in [5.41, 5.74) is 1.06. The minimum Gasteiger partial charge on any atom is -0.450 e. The minimum absolute atomic E-state index is 0.122. The monoisotopic (exact) mass is 352 g/mol. The van der Waals surface area contributed by atoms with Crippen LogP contribution in [0.15, 0.2) is 60.7 Å². The molecular weight excluding hydrogens is 324 g/mol. The summed E-state index contributed by atoms with van der Waals surface area (Å²) in [4.78, 5) is 25.2. The number of unbranched alkanes of at least 4 members (excludes halogenated alkanes) is 5. The fourth-order valence-corrected chi connectivity index (χ4v) is 2.91. The highest BCUT2D eigenvalue weighted by Gasteiger charge is 2.24. The van der Waals surface area contributed by atoms with Gasteiger partial charge in [-0.1, -0.05) is 87.6 Å². The van der Waals surface area contributed by atoms with Crippen molar-refractivity contribution in [3.63, 3.8) is 0 Å². The molecule has 1 atom stereocenters. The summed E-state index contributed by atoms with van der Waals surface area (Å²) in [7, 11) is 0. The molecule has 26 heavy (non-hydrogen) atoms. The number of carbonyl (C=O) groups is 2. The van der Waals surface area contributed by atoms with Crippen molar-refractivity contribution >= 4 is 11.8 Å². The van der Waals surface area contributed by atoms with E-state index in [0.717, 1.165) is 19.3 Å². The molecule has 0 saturated heterocycles. The first-order valence-corrected chi connectivity index (χ1v) is 9.57. The van der Waals surface area contributed by atoms with Gasteiger partial charge in [-0.05, 0) is 25.0 Å². The molecule has 3 nitrogen and oxygen atoms in total. The summed E-state index contributed by atoms with van der Waals surface area (Å²) >= 11 is 0. The van der Waals surface area contributed by atoms with E-state index in [-0.39, 0.29) is 5.78 Å². The van der Waals surface area contributed by atoms with Crippen LogP contribution in [0.2, 0.25) is 0 Å². The van der Waals surface area contributed by atoms with E-state index in [1.807, 2.05) is 24.3 Å². The van der Waals surface area contributed by atoms with E-state index in [1.165, 1.54) is 19.3 Å². The zero-order valence-corrected chi connectivity index (χ0v) is 15.5. The topological polar surface area (TPSA) is 43.4 Å². The smallest absolute Gasteiger partial charge is 0.338 e. The lowest BCUT2D eigenvalue weighted by atomic mass is 10.00. The number of esters is 1. The Labute approximate surface area is 156 Å². The van der Waals surface area contributed by atoms with Gasteiger partial charge in [0.1, 0.15) is 0 Å². The summed E-state index contributed by atoms with van der Waals surface area (Å²) in [5.74, 6) is -0.561. The molecule has 0 amide bonds. The molecule has 0 bridgehead atoms. The first-order chi connectivity index (χ1) is 12.7. The van der Waals surface area contributed by atoms with Crippen molar-refractivity contribution in [3.8, 4) is 0 Å². The molecule has 2 aromatic carbocycles. The van der Waals surface area contributed by atoms with Crippen LogP contribution in [0.5, 0.6) is 0 Å². The first-order valence-electron chi connectivity index (χ1n) is 9.57. The molecule has 0 spiro atoms. The minimum atomic E-state index is -0.726. The molecule has 3 heteroatoms. The Bertz CT molecular complexity index is 664. The molecule has 0 aliphatic rings. The van der Waals surface area contributed by atoms with Crippen LogP contribution in [-0.2, 0) is 4.74 Å². The van der Waals surface area contributed by atoms with Gasteiger partial charge in [0.2, 0.25) is 5.78 Å². The summed E-state index contributed by atoms with van der Waals surface area (Å²) in [5, 5.41) is 0. The Morgan fingerprint density at radius 1 is 0.769 bits per heavy atom. The molecule has 0 heterocycles. The van der Waals surface area contributed by atoms with Crippen molar-refractivity contribution in [2.75, 3.05) is 0 Å². The highest BCUT2D eigenvalue weighted by atomic mass is 16.5. The van der Waals surface area contributed by atoms with Crippen LogP contribution in [0.25, 0.3) is 0 Å². The number of ether oxygens (including phenoxy) is 1. The number of hydrogen-bond acceptors (Lipinski definition) is 3. The standard InChI is InChI=1S/C23H28O3/c1-2-3-4-5-6-13-18-21(22(24)19-14-9-7-10-15-19)26-23(25)20-16-11-8-12-17-20/h7-12,14-17,21H,2-6,13,18H2,1H3. The van der Waals surface area contributed by atoms with Gasteiger partial charge < -0.3 is 4.74 Å². The van der Waals surface area contributed by atoms with Crippen molar-refractivity contribution in [1.82, 2.24) is 0 Å². The van der Waals surface area contributed by atoms with Gasteiger partial charge in [-0.2, -0.15) is 0 Å². The van der Waals surface area contributed by atoms with Crippen LogP contribution in [0.3, 0.4) is 0 Å². The number of benzene rings is 2. The van der Waals surface area contributed by atoms with E-state index in [9.17, 15) is 9.59 Å². The maximum atomic E-state index is 12.8. The molecule has 0 radical (unpaired) electrons. The third-order valence-electron chi connectivity index (χ3n) is 4.43. The molecule has 0 aliphatic heterocycles. The van der Waals surface area contributed by atoms with Gasteiger partial charge in [0, 0.05) is 5.56 Å². The van der Waals surface area contributed by atoms with Crippen LogP contribution in [0.4, 0.5) is 0 Å². The van der Waals surface area contributed by atoms with Gasteiger partial charge in [0.05, 0.1) is 5.56 Å². The molecule has 138 valence electrons. The van der Waals surface area contributed by atoms with Gasteiger partial charge in [0.25, 0.3) is 0 Å². The molecule has 1 unspecified atom stereocenters. The SMILES string of the molecule is CCCCCCCCC(OC(=O)c1ccccc1)C(=O)c1ccccc1. The summed E-state index contributed by atoms with van der Waals surface area (Å²) in [6.07, 6.45) is 6.62. The van der Waals surface area contributed by atoms with E-state index < -0.39 is 12.1 Å². The maximum absolute atomic E-state index is 12.8. The van der Waals surface area contributed by atoms with Crippen molar-refractivity contribution in [2.24, 2.45) is 0 Å². The Kier molecular flexibility index (Phi) is 8.61. The second-order valence-electron chi connectivity index (χ2n) is 6.55. The largest absolute Gasteiger partial charge is 0.450 e. The predicted molar refractivity (Wildman–Crippen MR) is 104 cm³/mol. The Morgan fingerprint density at radius 3 is 1.92 bits per heavy atom. The third kappa shape index (κ3) is 6.47. The second kappa shape index (κ2) is 11.2. The van der Waals surface area contributed by atoms with Crippen LogP contribution in [-0.4, -0.2) is 17.9 Å². The van der Waals surface area contributed by atoms with Gasteiger partial charge in [-0.3, -0.25) is 4.79 Å². The highest BCUT2D eigenvalue weighted by Crippen LogP contribution is 2.16. The second-order valence-corrected chi connectivity index (χ2v) is 6.55. The lowest BCUT2D eigenvalue weighted by Gasteiger charge is -2.17. The van der Waals surface area contributed by atoms with E-state index in [1.54, 1.807) is 36.4 Å². The molecule has 0 saturated carbocycles. The molecule has 0 aliphatic carbocycles. The summed E-state index contributed by atoms with van der Waals surface area (Å²) in [6, 6.07) is 17.9. The Balaban J connectivity index is 1.98. The van der Waals surface area contributed by atoms with Gasteiger partial charge in [0.15, 0.2) is 6.10 Å². The lowest BCUT2D eigenvalue weighted by molar-refractivity contribution is 0.0262. The first kappa shape index (κ1) is 19.9. The van der Waals surface area contributed by atoms with Crippen LogP contribution >= 0.6 is 0 Å². The normalized spacial score (nSPS) is 11.7. The molecule has 0 aromatic heterocycles. The molecule has 0 fully saturated rings. The highest BCUT2D eigenvalue weighted by molar-refractivity contribution is 6.01. The average molecular weight is 352 g/mol. The van der Waals surface area contributed by atoms with E-state index in [4.69, 9.17) is 4.74 Å². The van der Waals surface area contributed by atoms with E-state index >= 15 is 0 Å². The van der Waals surface area contributed by atoms with E-state index in [0.29, 0.717) is 17.5 Å². The molecular formula is C23H28O3. The quantitative estimate of drug-likeness (QED) is 0.290. The number of ketones is 1. The maximum Gasteiger partial charge on any atom is 0.338 e. The van der Waals surface area contributed by atoms with Crippen LogP contribution in [0, 0.1) is 0 Å². The zero-order valence-electron chi connectivity index (χ0n) is 15.5. The molecule has 2 rings (SSSR count). The predicted octanol–water partition coefficient (Wildman–Crippen LogP) is 5.85. The lowest BCUT2D eigenvalue weighted by Crippen LogP contribution is -2.27.